The Morgan fingerprint density at radius 2 is 1.38 bits per heavy atom. The molecular formula is C11H19Br4O. The van der Waals surface area contributed by atoms with Crippen molar-refractivity contribution in [2.24, 2.45) is 5.92 Å². The first-order valence-corrected chi connectivity index (χ1v) is 9.42. The third-order valence-corrected chi connectivity index (χ3v) is 7.27. The Morgan fingerprint density at radius 1 is 1.00 bits per heavy atom. The number of aliphatic hydroxyl groups is 1. The molecule has 1 radical (unpaired) electrons. The predicted octanol–water partition coefficient (Wildman–Crippen LogP) is 4.67. The second kappa shape index (κ2) is 9.76. The van der Waals surface area contributed by atoms with E-state index >= 15 is 0 Å². The van der Waals surface area contributed by atoms with Gasteiger partial charge < -0.3 is 5.11 Å². The Morgan fingerprint density at radius 3 is 1.62 bits per heavy atom. The van der Waals surface area contributed by atoms with Crippen LogP contribution in [0, 0.1) is 11.8 Å². The summed E-state index contributed by atoms with van der Waals surface area (Å²) >= 11 is 14.2. The van der Waals surface area contributed by atoms with Gasteiger partial charge in [0.25, 0.3) is 0 Å². The molecule has 0 saturated heterocycles. The zero-order valence-corrected chi connectivity index (χ0v) is 15.9. The van der Waals surface area contributed by atoms with Gasteiger partial charge in [-0.25, -0.2) is 0 Å². The van der Waals surface area contributed by atoms with Crippen molar-refractivity contribution in [1.82, 2.24) is 0 Å². The quantitative estimate of drug-likeness (QED) is 0.494. The average Bonchev–Trinajstić information content (AvgIpc) is 2.26. The van der Waals surface area contributed by atoms with E-state index in [4.69, 9.17) is 0 Å². The first kappa shape index (κ1) is 17.9. The molecule has 0 spiro atoms. The summed E-state index contributed by atoms with van der Waals surface area (Å²) in [5.74, 6) is 1.66. The van der Waals surface area contributed by atoms with Crippen LogP contribution in [-0.4, -0.2) is 31.5 Å². The average molecular weight is 487 g/mol. The van der Waals surface area contributed by atoms with Gasteiger partial charge in [0.2, 0.25) is 0 Å². The molecule has 0 aromatic rings. The van der Waals surface area contributed by atoms with E-state index in [-0.39, 0.29) is 12.0 Å². The number of rotatable bonds is 8. The fourth-order valence-electron chi connectivity index (χ4n) is 1.47. The maximum absolute atomic E-state index is 9.69. The lowest BCUT2D eigenvalue weighted by Crippen LogP contribution is -2.26. The maximum Gasteiger partial charge on any atom is 0.0543 e. The molecule has 0 bridgehead atoms. The molecule has 1 N–H and O–H groups in total. The number of alkyl halides is 4. The van der Waals surface area contributed by atoms with E-state index < -0.39 is 0 Å². The van der Waals surface area contributed by atoms with Crippen LogP contribution in [0.3, 0.4) is 0 Å². The zero-order chi connectivity index (χ0) is 12.7. The normalized spacial score (nSPS) is 19.5. The third kappa shape index (κ3) is 7.34. The highest BCUT2D eigenvalue weighted by molar-refractivity contribution is 9.12. The van der Waals surface area contributed by atoms with Gasteiger partial charge in [0.15, 0.2) is 0 Å². The fourth-order valence-corrected chi connectivity index (χ4v) is 2.76. The monoisotopic (exact) mass is 483 g/mol. The second-order valence-corrected chi connectivity index (χ2v) is 7.98. The van der Waals surface area contributed by atoms with Crippen molar-refractivity contribution in [3.63, 3.8) is 0 Å². The fraction of sp³-hybridized carbons (Fsp3) is 0.909. The molecule has 0 amide bonds. The van der Waals surface area contributed by atoms with Crippen LogP contribution in [0.4, 0.5) is 0 Å². The van der Waals surface area contributed by atoms with Crippen LogP contribution in [-0.2, 0) is 0 Å². The molecule has 0 aromatic carbocycles. The number of aliphatic hydroxyl groups excluding tert-OH is 1. The van der Waals surface area contributed by atoms with E-state index in [0.29, 0.717) is 9.65 Å². The SMILES string of the molecule is CC(O)C(C)[C](CC(Br)CBr)CC(Br)CBr. The largest absolute Gasteiger partial charge is 0.393 e. The Hall–Kier alpha value is 1.88. The Labute approximate surface area is 133 Å². The van der Waals surface area contributed by atoms with Crippen molar-refractivity contribution in [2.45, 2.75) is 42.4 Å². The van der Waals surface area contributed by atoms with Crippen LogP contribution in [0.2, 0.25) is 0 Å². The van der Waals surface area contributed by atoms with Crippen molar-refractivity contribution >= 4 is 63.7 Å². The van der Waals surface area contributed by atoms with Gasteiger partial charge in [0.05, 0.1) is 6.10 Å². The predicted molar refractivity (Wildman–Crippen MR) is 86.3 cm³/mol. The van der Waals surface area contributed by atoms with Crippen LogP contribution < -0.4 is 0 Å². The minimum atomic E-state index is -0.278. The summed E-state index contributed by atoms with van der Waals surface area (Å²) in [4.78, 5) is 0.887. The van der Waals surface area contributed by atoms with Gasteiger partial charge in [-0.05, 0) is 31.6 Å². The summed E-state index contributed by atoms with van der Waals surface area (Å²) in [7, 11) is 0. The molecule has 0 heterocycles. The summed E-state index contributed by atoms with van der Waals surface area (Å²) in [6.45, 7) is 3.96. The lowest BCUT2D eigenvalue weighted by atomic mass is 9.83. The first-order chi connectivity index (χ1) is 7.42. The number of hydrogen-bond donors (Lipinski definition) is 1. The number of halogens is 4. The minimum absolute atomic E-state index is 0.248. The summed E-state index contributed by atoms with van der Waals surface area (Å²) in [5, 5.41) is 11.6. The Bertz CT molecular complexity index is 165. The Kier molecular flexibility index (Phi) is 10.9. The Balaban J connectivity index is 4.37. The van der Waals surface area contributed by atoms with Crippen LogP contribution >= 0.6 is 63.7 Å². The van der Waals surface area contributed by atoms with Crippen LogP contribution in [0.15, 0.2) is 0 Å². The van der Waals surface area contributed by atoms with E-state index in [0.717, 1.165) is 23.5 Å². The van der Waals surface area contributed by atoms with Crippen molar-refractivity contribution in [3.8, 4) is 0 Å². The summed E-state index contributed by atoms with van der Waals surface area (Å²) in [5.41, 5.74) is 0. The van der Waals surface area contributed by atoms with Crippen LogP contribution in [0.5, 0.6) is 0 Å². The molecule has 0 aromatic heterocycles. The van der Waals surface area contributed by atoms with Crippen molar-refractivity contribution in [1.29, 1.82) is 0 Å². The standard InChI is InChI=1S/C11H19Br4O/c1-7(8(2)16)9(3-10(14)5-12)4-11(15)6-13/h7-8,10-11,16H,3-6H2,1-2H3. The summed E-state index contributed by atoms with van der Waals surface area (Å²) in [6, 6.07) is 0. The van der Waals surface area contributed by atoms with E-state index in [2.05, 4.69) is 70.6 Å². The van der Waals surface area contributed by atoms with Gasteiger partial charge in [-0.3, -0.25) is 0 Å². The third-order valence-electron chi connectivity index (χ3n) is 2.67. The van der Waals surface area contributed by atoms with Crippen molar-refractivity contribution in [3.05, 3.63) is 5.92 Å². The maximum atomic E-state index is 9.69. The van der Waals surface area contributed by atoms with Crippen LogP contribution in [0.25, 0.3) is 0 Å². The summed E-state index contributed by atoms with van der Waals surface area (Å²) in [6.07, 6.45) is 1.74. The molecule has 5 heteroatoms. The molecule has 0 aliphatic heterocycles. The van der Waals surface area contributed by atoms with Crippen molar-refractivity contribution < 1.29 is 5.11 Å². The van der Waals surface area contributed by atoms with Gasteiger partial charge in [-0.15, -0.1) is 0 Å². The van der Waals surface area contributed by atoms with Gasteiger partial charge in [0.1, 0.15) is 0 Å². The molecule has 0 aliphatic carbocycles. The molecule has 0 aliphatic rings. The molecule has 4 atom stereocenters. The molecular weight excluding hydrogens is 468 g/mol. The molecule has 0 rings (SSSR count). The zero-order valence-electron chi connectivity index (χ0n) is 9.60. The molecule has 97 valence electrons. The summed E-state index contributed by atoms with van der Waals surface area (Å²) < 4.78 is 0. The molecule has 16 heavy (non-hydrogen) atoms. The lowest BCUT2D eigenvalue weighted by Gasteiger charge is -2.28. The van der Waals surface area contributed by atoms with Gasteiger partial charge in [-0.1, -0.05) is 70.6 Å². The highest BCUT2D eigenvalue weighted by Gasteiger charge is 2.26. The van der Waals surface area contributed by atoms with E-state index in [1.807, 2.05) is 6.92 Å². The van der Waals surface area contributed by atoms with Gasteiger partial charge >= 0.3 is 0 Å². The molecule has 4 unspecified atom stereocenters. The van der Waals surface area contributed by atoms with Crippen LogP contribution in [0.1, 0.15) is 26.7 Å². The van der Waals surface area contributed by atoms with Gasteiger partial charge in [0, 0.05) is 20.3 Å². The minimum Gasteiger partial charge on any atom is -0.393 e. The lowest BCUT2D eigenvalue weighted by molar-refractivity contribution is 0.136. The van der Waals surface area contributed by atoms with E-state index in [1.165, 1.54) is 5.92 Å². The molecule has 0 saturated carbocycles. The topological polar surface area (TPSA) is 20.2 Å². The highest BCUT2D eigenvalue weighted by Crippen LogP contribution is 2.32. The molecule has 0 fully saturated rings. The number of hydrogen-bond acceptors (Lipinski definition) is 1. The smallest absolute Gasteiger partial charge is 0.0543 e. The highest BCUT2D eigenvalue weighted by atomic mass is 79.9. The van der Waals surface area contributed by atoms with Gasteiger partial charge in [-0.2, -0.15) is 0 Å². The first-order valence-electron chi connectivity index (χ1n) is 5.35. The second-order valence-electron chi connectivity index (χ2n) is 4.10. The van der Waals surface area contributed by atoms with E-state index in [9.17, 15) is 5.11 Å². The molecule has 1 nitrogen and oxygen atoms in total. The van der Waals surface area contributed by atoms with Crippen molar-refractivity contribution in [2.75, 3.05) is 10.7 Å². The van der Waals surface area contributed by atoms with E-state index in [1.54, 1.807) is 0 Å².